The molecule has 1 aromatic carbocycles. The summed E-state index contributed by atoms with van der Waals surface area (Å²) in [5.74, 6) is -1.08. The van der Waals surface area contributed by atoms with Crippen LogP contribution < -0.4 is 4.74 Å². The van der Waals surface area contributed by atoms with Gasteiger partial charge in [0.1, 0.15) is 5.75 Å². The Labute approximate surface area is 157 Å². The second-order valence-corrected chi connectivity index (χ2v) is 6.99. The smallest absolute Gasteiger partial charge is 0.387 e. The number of alkyl halides is 2. The average Bonchev–Trinajstić information content (AvgIpc) is 3.11. The first-order valence-corrected chi connectivity index (χ1v) is 9.02. The van der Waals surface area contributed by atoms with Gasteiger partial charge in [0.25, 0.3) is 5.91 Å². The number of morpholine rings is 1. The van der Waals surface area contributed by atoms with Crippen molar-refractivity contribution in [2.75, 3.05) is 19.7 Å². The number of carboxylic acids is 1. The lowest BCUT2D eigenvalue weighted by Gasteiger charge is -2.32. The summed E-state index contributed by atoms with van der Waals surface area (Å²) in [6.45, 7) is -1.94. The predicted octanol–water partition coefficient (Wildman–Crippen LogP) is 3.33. The fourth-order valence-electron chi connectivity index (χ4n) is 2.79. The highest BCUT2D eigenvalue weighted by Crippen LogP contribution is 2.30. The quantitative estimate of drug-likeness (QED) is 0.809. The van der Waals surface area contributed by atoms with Crippen molar-refractivity contribution in [3.63, 3.8) is 0 Å². The highest BCUT2D eigenvalue weighted by atomic mass is 32.1. The van der Waals surface area contributed by atoms with E-state index >= 15 is 0 Å². The van der Waals surface area contributed by atoms with Gasteiger partial charge in [0.15, 0.2) is 0 Å². The van der Waals surface area contributed by atoms with Gasteiger partial charge in [0, 0.05) is 18.0 Å². The number of hydrogen-bond acceptors (Lipinski definition) is 5. The molecule has 1 unspecified atom stereocenters. The highest BCUT2D eigenvalue weighted by molar-refractivity contribution is 7.17. The maximum atomic E-state index is 12.7. The van der Waals surface area contributed by atoms with E-state index in [1.165, 1.54) is 23.5 Å². The number of thiophene rings is 1. The van der Waals surface area contributed by atoms with Crippen LogP contribution >= 0.6 is 11.3 Å². The van der Waals surface area contributed by atoms with Gasteiger partial charge in [-0.1, -0.05) is 0 Å². The Hall–Kier alpha value is -2.52. The Balaban J connectivity index is 1.67. The summed E-state index contributed by atoms with van der Waals surface area (Å²) >= 11 is 1.29. The number of benzene rings is 1. The number of rotatable bonds is 6. The van der Waals surface area contributed by atoms with Crippen molar-refractivity contribution in [2.24, 2.45) is 0 Å². The normalized spacial score (nSPS) is 17.1. The first kappa shape index (κ1) is 19.2. The molecular weight excluding hydrogens is 380 g/mol. The van der Waals surface area contributed by atoms with E-state index in [4.69, 9.17) is 9.84 Å². The number of carbonyl (C=O) groups excluding carboxylic acids is 1. The number of carboxylic acid groups (broad SMARTS) is 1. The number of aliphatic carboxylic acids is 1. The minimum atomic E-state index is -2.87. The van der Waals surface area contributed by atoms with Crippen LogP contribution in [0.4, 0.5) is 8.78 Å². The Bertz CT molecular complexity index is 808. The molecule has 1 N–H and O–H groups in total. The summed E-state index contributed by atoms with van der Waals surface area (Å²) in [6, 6.07) is 9.68. The van der Waals surface area contributed by atoms with Gasteiger partial charge in [-0.15, -0.1) is 11.3 Å². The number of amides is 1. The molecule has 0 bridgehead atoms. The van der Waals surface area contributed by atoms with Gasteiger partial charge in [-0.25, -0.2) is 0 Å². The Morgan fingerprint density at radius 3 is 2.67 bits per heavy atom. The van der Waals surface area contributed by atoms with Gasteiger partial charge in [-0.05, 0) is 42.0 Å². The van der Waals surface area contributed by atoms with Crippen LogP contribution in [-0.2, 0) is 9.53 Å². The van der Waals surface area contributed by atoms with Crippen LogP contribution in [0.1, 0.15) is 16.1 Å². The van der Waals surface area contributed by atoms with Crippen molar-refractivity contribution in [2.45, 2.75) is 19.1 Å². The van der Waals surface area contributed by atoms with Crippen molar-refractivity contribution in [3.05, 3.63) is 41.3 Å². The van der Waals surface area contributed by atoms with Gasteiger partial charge in [-0.2, -0.15) is 8.78 Å². The molecule has 1 atom stereocenters. The lowest BCUT2D eigenvalue weighted by molar-refractivity contribution is -0.141. The number of nitrogens with zero attached hydrogens (tertiary/aromatic N) is 1. The summed E-state index contributed by atoms with van der Waals surface area (Å²) in [7, 11) is 0. The average molecular weight is 397 g/mol. The second-order valence-electron chi connectivity index (χ2n) is 5.91. The molecule has 144 valence electrons. The van der Waals surface area contributed by atoms with Crippen molar-refractivity contribution in [1.29, 1.82) is 0 Å². The van der Waals surface area contributed by atoms with Crippen molar-refractivity contribution in [3.8, 4) is 16.2 Å². The zero-order chi connectivity index (χ0) is 19.4. The SMILES string of the molecule is O=C(O)CC1CN(C(=O)c2ccc(-c3ccc(OC(F)F)cc3)s2)CCO1. The van der Waals surface area contributed by atoms with E-state index in [1.54, 1.807) is 29.2 Å². The van der Waals surface area contributed by atoms with Crippen LogP contribution in [0.15, 0.2) is 36.4 Å². The van der Waals surface area contributed by atoms with E-state index in [0.29, 0.717) is 18.0 Å². The second kappa shape index (κ2) is 8.45. The molecule has 2 heterocycles. The van der Waals surface area contributed by atoms with E-state index in [9.17, 15) is 18.4 Å². The van der Waals surface area contributed by atoms with E-state index < -0.39 is 18.7 Å². The fraction of sp³-hybridized carbons (Fsp3) is 0.333. The molecule has 1 fully saturated rings. The molecule has 1 aliphatic heterocycles. The third-order valence-electron chi connectivity index (χ3n) is 4.01. The third kappa shape index (κ3) is 5.01. The van der Waals surface area contributed by atoms with Crippen molar-refractivity contribution >= 4 is 23.2 Å². The largest absolute Gasteiger partial charge is 0.481 e. The van der Waals surface area contributed by atoms with Gasteiger partial charge in [0.2, 0.25) is 0 Å². The molecular formula is C18H17F2NO5S. The first-order chi connectivity index (χ1) is 12.9. The molecule has 1 saturated heterocycles. The summed E-state index contributed by atoms with van der Waals surface area (Å²) in [5.41, 5.74) is 0.784. The number of carbonyl (C=O) groups is 2. The molecule has 0 aliphatic carbocycles. The van der Waals surface area contributed by atoms with E-state index in [1.807, 2.05) is 0 Å². The van der Waals surface area contributed by atoms with Gasteiger partial charge in [-0.3, -0.25) is 9.59 Å². The topological polar surface area (TPSA) is 76.1 Å². The van der Waals surface area contributed by atoms with Crippen LogP contribution in [0.25, 0.3) is 10.4 Å². The Morgan fingerprint density at radius 1 is 1.26 bits per heavy atom. The summed E-state index contributed by atoms with van der Waals surface area (Å²) in [4.78, 5) is 26.4. The van der Waals surface area contributed by atoms with Crippen molar-refractivity contribution in [1.82, 2.24) is 4.90 Å². The zero-order valence-corrected chi connectivity index (χ0v) is 15.0. The lowest BCUT2D eigenvalue weighted by Crippen LogP contribution is -2.46. The first-order valence-electron chi connectivity index (χ1n) is 8.20. The predicted molar refractivity (Wildman–Crippen MR) is 94.3 cm³/mol. The molecule has 0 saturated carbocycles. The van der Waals surface area contributed by atoms with Gasteiger partial charge < -0.3 is 19.5 Å². The van der Waals surface area contributed by atoms with Crippen LogP contribution in [-0.4, -0.2) is 54.3 Å². The van der Waals surface area contributed by atoms with E-state index in [-0.39, 0.29) is 24.6 Å². The molecule has 3 rings (SSSR count). The van der Waals surface area contributed by atoms with Crippen LogP contribution in [0.3, 0.4) is 0 Å². The van der Waals surface area contributed by atoms with E-state index in [2.05, 4.69) is 4.74 Å². The summed E-state index contributed by atoms with van der Waals surface area (Å²) in [5, 5.41) is 8.87. The van der Waals surface area contributed by atoms with Gasteiger partial charge >= 0.3 is 12.6 Å². The summed E-state index contributed by atoms with van der Waals surface area (Å²) < 4.78 is 34.1. The molecule has 2 aromatic rings. The van der Waals surface area contributed by atoms with Crippen LogP contribution in [0.2, 0.25) is 0 Å². The van der Waals surface area contributed by atoms with Crippen LogP contribution in [0, 0.1) is 0 Å². The zero-order valence-electron chi connectivity index (χ0n) is 14.1. The minimum absolute atomic E-state index is 0.0689. The maximum Gasteiger partial charge on any atom is 0.387 e. The number of halogens is 2. The highest BCUT2D eigenvalue weighted by Gasteiger charge is 2.27. The van der Waals surface area contributed by atoms with Crippen LogP contribution in [0.5, 0.6) is 5.75 Å². The molecule has 0 radical (unpaired) electrons. The molecule has 1 aromatic heterocycles. The number of ether oxygens (including phenoxy) is 2. The molecule has 27 heavy (non-hydrogen) atoms. The van der Waals surface area contributed by atoms with Crippen molar-refractivity contribution < 1.29 is 33.0 Å². The molecule has 6 nitrogen and oxygen atoms in total. The maximum absolute atomic E-state index is 12.7. The molecule has 1 amide bonds. The fourth-order valence-corrected chi connectivity index (χ4v) is 3.77. The molecule has 1 aliphatic rings. The van der Waals surface area contributed by atoms with Gasteiger partial charge in [0.05, 0.1) is 24.0 Å². The number of hydrogen-bond donors (Lipinski definition) is 1. The molecule has 0 spiro atoms. The summed E-state index contributed by atoms with van der Waals surface area (Å²) in [6.07, 6.45) is -0.658. The monoisotopic (exact) mass is 397 g/mol. The standard InChI is InChI=1S/C18H17F2NO5S/c19-18(20)26-12-3-1-11(2-4-12)14-5-6-15(27-14)17(24)21-7-8-25-13(10-21)9-16(22)23/h1-6,13,18H,7-10H2,(H,22,23). The lowest BCUT2D eigenvalue weighted by atomic mass is 10.2. The minimum Gasteiger partial charge on any atom is -0.481 e. The third-order valence-corrected chi connectivity index (χ3v) is 5.13. The van der Waals surface area contributed by atoms with E-state index in [0.717, 1.165) is 10.4 Å². The Kier molecular flexibility index (Phi) is 6.02. The Morgan fingerprint density at radius 2 is 2.00 bits per heavy atom. The molecule has 9 heteroatoms.